The molecule has 19 heavy (non-hydrogen) atoms. The summed E-state index contributed by atoms with van der Waals surface area (Å²) in [7, 11) is 0. The van der Waals surface area contributed by atoms with Crippen LogP contribution in [0.3, 0.4) is 0 Å². The molecule has 0 unspecified atom stereocenters. The molecular formula is C17H26OS. The molecule has 0 aromatic heterocycles. The van der Waals surface area contributed by atoms with Crippen LogP contribution in [0.25, 0.3) is 0 Å². The van der Waals surface area contributed by atoms with Crippen LogP contribution in [0, 0.1) is 11.8 Å². The minimum Gasteiger partial charge on any atom is -0.374 e. The monoisotopic (exact) mass is 278 g/mol. The van der Waals surface area contributed by atoms with E-state index in [9.17, 15) is 0 Å². The molecule has 1 aliphatic rings. The highest BCUT2D eigenvalue weighted by atomic mass is 32.2. The summed E-state index contributed by atoms with van der Waals surface area (Å²) in [4.78, 5) is 1.36. The van der Waals surface area contributed by atoms with E-state index < -0.39 is 0 Å². The number of hydrogen-bond donors (Lipinski definition) is 0. The summed E-state index contributed by atoms with van der Waals surface area (Å²) < 4.78 is 6.17. The second-order valence-corrected chi connectivity index (χ2v) is 7.60. The van der Waals surface area contributed by atoms with Crippen molar-refractivity contribution in [1.29, 1.82) is 0 Å². The molecular weight excluding hydrogens is 252 g/mol. The molecule has 2 rings (SSSR count). The number of rotatable bonds is 5. The molecule has 0 amide bonds. The predicted molar refractivity (Wildman–Crippen MR) is 83.7 cm³/mol. The fraction of sp³-hybridized carbons (Fsp3) is 0.647. The lowest BCUT2D eigenvalue weighted by atomic mass is 9.89. The topological polar surface area (TPSA) is 9.23 Å². The minimum atomic E-state index is 0.0319. The standard InChI is InChI=1S/C17H26OS/c1-13(2)10-11-17(4)16(14(3)12-18-17)19-15-8-6-5-7-9-15/h5-9,13-14,16H,10-12H2,1-4H3/t14-,16+,17-/m1/s1. The van der Waals surface area contributed by atoms with Crippen LogP contribution in [0.2, 0.25) is 0 Å². The van der Waals surface area contributed by atoms with Crippen LogP contribution in [-0.2, 0) is 4.74 Å². The average Bonchev–Trinajstić information content (AvgIpc) is 2.67. The van der Waals surface area contributed by atoms with Crippen LogP contribution < -0.4 is 0 Å². The van der Waals surface area contributed by atoms with Gasteiger partial charge in [0.15, 0.2) is 0 Å². The highest BCUT2D eigenvalue weighted by Gasteiger charge is 2.44. The van der Waals surface area contributed by atoms with Crippen molar-refractivity contribution in [2.45, 2.75) is 56.3 Å². The molecule has 0 N–H and O–H groups in total. The summed E-state index contributed by atoms with van der Waals surface area (Å²) in [6.45, 7) is 10.1. The first-order valence-electron chi connectivity index (χ1n) is 7.37. The van der Waals surface area contributed by atoms with Crippen LogP contribution in [-0.4, -0.2) is 17.5 Å². The van der Waals surface area contributed by atoms with Gasteiger partial charge in [0.1, 0.15) is 0 Å². The second-order valence-electron chi connectivity index (χ2n) is 6.38. The van der Waals surface area contributed by atoms with Gasteiger partial charge in [0.2, 0.25) is 0 Å². The van der Waals surface area contributed by atoms with Gasteiger partial charge in [-0.2, -0.15) is 0 Å². The largest absolute Gasteiger partial charge is 0.374 e. The number of hydrogen-bond acceptors (Lipinski definition) is 2. The summed E-state index contributed by atoms with van der Waals surface area (Å²) in [6, 6.07) is 10.7. The Balaban J connectivity index is 2.06. The summed E-state index contributed by atoms with van der Waals surface area (Å²) in [5.41, 5.74) is 0.0319. The van der Waals surface area contributed by atoms with Gasteiger partial charge in [0, 0.05) is 10.1 Å². The van der Waals surface area contributed by atoms with Crippen LogP contribution in [0.4, 0.5) is 0 Å². The molecule has 0 saturated carbocycles. The molecule has 1 aliphatic heterocycles. The third-order valence-corrected chi connectivity index (χ3v) is 5.78. The van der Waals surface area contributed by atoms with Crippen molar-refractivity contribution < 1.29 is 4.74 Å². The first-order chi connectivity index (χ1) is 9.01. The van der Waals surface area contributed by atoms with Gasteiger partial charge in [-0.25, -0.2) is 0 Å². The van der Waals surface area contributed by atoms with Gasteiger partial charge >= 0.3 is 0 Å². The third-order valence-electron chi connectivity index (χ3n) is 4.02. The average molecular weight is 278 g/mol. The summed E-state index contributed by atoms with van der Waals surface area (Å²) in [5.74, 6) is 1.38. The molecule has 1 fully saturated rings. The summed E-state index contributed by atoms with van der Waals surface area (Å²) in [6.07, 6.45) is 2.41. The second kappa shape index (κ2) is 6.32. The maximum Gasteiger partial charge on any atom is 0.0779 e. The zero-order valence-electron chi connectivity index (χ0n) is 12.6. The highest BCUT2D eigenvalue weighted by Crippen LogP contribution is 2.44. The molecule has 0 bridgehead atoms. The number of thioether (sulfide) groups is 1. The smallest absolute Gasteiger partial charge is 0.0779 e. The van der Waals surface area contributed by atoms with Gasteiger partial charge < -0.3 is 4.74 Å². The van der Waals surface area contributed by atoms with Gasteiger partial charge in [-0.1, -0.05) is 39.0 Å². The zero-order chi connectivity index (χ0) is 13.9. The maximum absolute atomic E-state index is 6.17. The lowest BCUT2D eigenvalue weighted by Gasteiger charge is -2.32. The Kier molecular flexibility index (Phi) is 4.97. The van der Waals surface area contributed by atoms with Gasteiger partial charge in [-0.15, -0.1) is 11.8 Å². The van der Waals surface area contributed by atoms with Crippen LogP contribution in [0.5, 0.6) is 0 Å². The van der Waals surface area contributed by atoms with Gasteiger partial charge in [0.25, 0.3) is 0 Å². The number of benzene rings is 1. The Bertz CT molecular complexity index is 390. The van der Waals surface area contributed by atoms with Crippen LogP contribution >= 0.6 is 11.8 Å². The third kappa shape index (κ3) is 3.76. The molecule has 0 radical (unpaired) electrons. The Morgan fingerprint density at radius 1 is 1.32 bits per heavy atom. The fourth-order valence-corrected chi connectivity index (χ4v) is 4.12. The van der Waals surface area contributed by atoms with Crippen molar-refractivity contribution >= 4 is 11.8 Å². The van der Waals surface area contributed by atoms with Crippen molar-refractivity contribution in [3.05, 3.63) is 30.3 Å². The van der Waals surface area contributed by atoms with Gasteiger partial charge in [0.05, 0.1) is 12.2 Å². The molecule has 1 saturated heterocycles. The fourth-order valence-electron chi connectivity index (χ4n) is 2.77. The van der Waals surface area contributed by atoms with Crippen molar-refractivity contribution in [2.75, 3.05) is 6.61 Å². The molecule has 1 aromatic carbocycles. The Labute approximate surface area is 122 Å². The first kappa shape index (κ1) is 14.9. The van der Waals surface area contributed by atoms with E-state index in [0.29, 0.717) is 11.2 Å². The molecule has 106 valence electrons. The molecule has 0 aliphatic carbocycles. The van der Waals surface area contributed by atoms with E-state index in [-0.39, 0.29) is 5.60 Å². The molecule has 1 nitrogen and oxygen atoms in total. The maximum atomic E-state index is 6.17. The normalized spacial score (nSPS) is 31.0. The summed E-state index contributed by atoms with van der Waals surface area (Å²) >= 11 is 1.99. The lowest BCUT2D eigenvalue weighted by Crippen LogP contribution is -2.36. The molecule has 1 aromatic rings. The van der Waals surface area contributed by atoms with E-state index >= 15 is 0 Å². The minimum absolute atomic E-state index is 0.0319. The van der Waals surface area contributed by atoms with E-state index in [1.54, 1.807) is 0 Å². The zero-order valence-corrected chi connectivity index (χ0v) is 13.4. The Hall–Kier alpha value is -0.470. The van der Waals surface area contributed by atoms with E-state index in [2.05, 4.69) is 58.0 Å². The van der Waals surface area contributed by atoms with Crippen molar-refractivity contribution in [1.82, 2.24) is 0 Å². The summed E-state index contributed by atoms with van der Waals surface area (Å²) in [5, 5.41) is 0.564. The van der Waals surface area contributed by atoms with Crippen molar-refractivity contribution in [3.8, 4) is 0 Å². The number of ether oxygens (including phenoxy) is 1. The quantitative estimate of drug-likeness (QED) is 0.749. The molecule has 0 spiro atoms. The molecule has 1 heterocycles. The Morgan fingerprint density at radius 3 is 2.63 bits per heavy atom. The van der Waals surface area contributed by atoms with E-state index in [1.165, 1.54) is 17.7 Å². The van der Waals surface area contributed by atoms with E-state index in [4.69, 9.17) is 4.74 Å². The van der Waals surface area contributed by atoms with E-state index in [1.807, 2.05) is 11.8 Å². The van der Waals surface area contributed by atoms with Crippen LogP contribution in [0.1, 0.15) is 40.5 Å². The SMILES string of the molecule is CC(C)CC[C@@]1(C)OC[C@@H](C)[C@@H]1Sc1ccccc1. The molecule has 3 atom stereocenters. The predicted octanol–water partition coefficient (Wildman–Crippen LogP) is 5.01. The van der Waals surface area contributed by atoms with Crippen molar-refractivity contribution in [3.63, 3.8) is 0 Å². The van der Waals surface area contributed by atoms with Crippen molar-refractivity contribution in [2.24, 2.45) is 11.8 Å². The lowest BCUT2D eigenvalue weighted by molar-refractivity contribution is 0.0111. The highest BCUT2D eigenvalue weighted by molar-refractivity contribution is 8.00. The van der Waals surface area contributed by atoms with E-state index in [0.717, 1.165) is 12.5 Å². The van der Waals surface area contributed by atoms with Gasteiger partial charge in [-0.05, 0) is 43.7 Å². The van der Waals surface area contributed by atoms with Crippen LogP contribution in [0.15, 0.2) is 35.2 Å². The van der Waals surface area contributed by atoms with Gasteiger partial charge in [-0.3, -0.25) is 0 Å². The Morgan fingerprint density at radius 2 is 2.00 bits per heavy atom. The first-order valence-corrected chi connectivity index (χ1v) is 8.25. The molecule has 2 heteroatoms.